The Kier molecular flexibility index (Phi) is 4.36. The molecule has 6 nitrogen and oxygen atoms in total. The number of aromatic nitrogens is 5. The van der Waals surface area contributed by atoms with E-state index in [0.717, 1.165) is 60.4 Å². The first-order chi connectivity index (χ1) is 11.8. The van der Waals surface area contributed by atoms with Gasteiger partial charge in [-0.3, -0.25) is 4.98 Å². The summed E-state index contributed by atoms with van der Waals surface area (Å²) >= 11 is 1.65. The lowest BCUT2D eigenvalue weighted by atomic mass is 10.1. The van der Waals surface area contributed by atoms with Gasteiger partial charge >= 0.3 is 0 Å². The number of pyridine rings is 1. The van der Waals surface area contributed by atoms with Gasteiger partial charge in [-0.05, 0) is 18.6 Å². The summed E-state index contributed by atoms with van der Waals surface area (Å²) in [5.41, 5.74) is 2.01. The maximum atomic E-state index is 4.69. The number of nitrogens with one attached hydrogen (secondary N) is 1. The zero-order valence-electron chi connectivity index (χ0n) is 13.6. The van der Waals surface area contributed by atoms with Crippen molar-refractivity contribution in [3.05, 3.63) is 47.1 Å². The summed E-state index contributed by atoms with van der Waals surface area (Å²) < 4.78 is 2.27. The molecule has 1 N–H and O–H groups in total. The molecule has 0 saturated carbocycles. The number of hydrogen-bond acceptors (Lipinski definition) is 6. The van der Waals surface area contributed by atoms with Crippen molar-refractivity contribution >= 4 is 11.3 Å². The quantitative estimate of drug-likeness (QED) is 0.773. The molecule has 0 radical (unpaired) electrons. The Bertz CT molecular complexity index is 796. The molecule has 0 fully saturated rings. The molecule has 0 aromatic carbocycles. The van der Waals surface area contributed by atoms with E-state index in [4.69, 9.17) is 4.98 Å². The van der Waals surface area contributed by atoms with Crippen molar-refractivity contribution < 1.29 is 0 Å². The Labute approximate surface area is 145 Å². The third-order valence-corrected chi connectivity index (χ3v) is 5.26. The highest BCUT2D eigenvalue weighted by Gasteiger charge is 2.22. The minimum Gasteiger partial charge on any atom is -0.313 e. The molecule has 1 atom stereocenters. The van der Waals surface area contributed by atoms with Crippen LogP contribution in [0.4, 0.5) is 0 Å². The van der Waals surface area contributed by atoms with Crippen LogP contribution in [0.15, 0.2) is 29.8 Å². The fourth-order valence-electron chi connectivity index (χ4n) is 3.06. The zero-order valence-corrected chi connectivity index (χ0v) is 14.5. The number of hydrogen-bond donors (Lipinski definition) is 1. The van der Waals surface area contributed by atoms with E-state index < -0.39 is 0 Å². The molecule has 3 aromatic heterocycles. The smallest absolute Gasteiger partial charge is 0.142 e. The maximum Gasteiger partial charge on any atom is 0.142 e. The summed E-state index contributed by atoms with van der Waals surface area (Å²) in [5, 5.41) is 15.3. The Morgan fingerprint density at radius 2 is 2.29 bits per heavy atom. The number of fused-ring (bicyclic) bond motifs is 1. The maximum absolute atomic E-state index is 4.69. The minimum absolute atomic E-state index is 0.443. The van der Waals surface area contributed by atoms with Gasteiger partial charge in [0.05, 0.1) is 11.4 Å². The second kappa shape index (κ2) is 6.78. The van der Waals surface area contributed by atoms with Crippen LogP contribution in [0.2, 0.25) is 0 Å². The first kappa shape index (κ1) is 15.4. The van der Waals surface area contributed by atoms with Crippen molar-refractivity contribution in [2.75, 3.05) is 0 Å². The van der Waals surface area contributed by atoms with Gasteiger partial charge in [0, 0.05) is 43.5 Å². The predicted octanol–water partition coefficient (Wildman–Crippen LogP) is 2.46. The molecule has 0 saturated heterocycles. The van der Waals surface area contributed by atoms with Crippen molar-refractivity contribution in [1.82, 2.24) is 30.0 Å². The average Bonchev–Trinajstić information content (AvgIpc) is 3.27. The number of thiazole rings is 1. The van der Waals surface area contributed by atoms with E-state index >= 15 is 0 Å². The second-order valence-electron chi connectivity index (χ2n) is 5.97. The van der Waals surface area contributed by atoms with Gasteiger partial charge in [0.15, 0.2) is 0 Å². The molecule has 0 spiro atoms. The van der Waals surface area contributed by atoms with Gasteiger partial charge < -0.3 is 9.88 Å². The van der Waals surface area contributed by atoms with Crippen molar-refractivity contribution in [1.29, 1.82) is 0 Å². The third kappa shape index (κ3) is 3.09. The molecule has 4 rings (SSSR count). The lowest BCUT2D eigenvalue weighted by Crippen LogP contribution is -2.37. The summed E-state index contributed by atoms with van der Waals surface area (Å²) in [6.07, 6.45) is 4.82. The Hall–Kier alpha value is -2.12. The van der Waals surface area contributed by atoms with Crippen LogP contribution in [0.5, 0.6) is 0 Å². The van der Waals surface area contributed by atoms with E-state index in [1.165, 1.54) is 0 Å². The SMILES string of the molecule is CCc1nnc2n1C[C@@H](NCc1csc(-c3ccccn3)n1)CC2. The monoisotopic (exact) mass is 340 g/mol. The highest BCUT2D eigenvalue weighted by atomic mass is 32.1. The van der Waals surface area contributed by atoms with Crippen LogP contribution >= 0.6 is 11.3 Å². The number of nitrogens with zero attached hydrogens (tertiary/aromatic N) is 5. The van der Waals surface area contributed by atoms with Crippen LogP contribution < -0.4 is 5.32 Å². The molecule has 0 amide bonds. The van der Waals surface area contributed by atoms with Crippen LogP contribution in [-0.2, 0) is 25.9 Å². The Morgan fingerprint density at radius 1 is 1.33 bits per heavy atom. The van der Waals surface area contributed by atoms with Gasteiger partial charge in [0.2, 0.25) is 0 Å². The molecule has 0 bridgehead atoms. The lowest BCUT2D eigenvalue weighted by Gasteiger charge is -2.25. The van der Waals surface area contributed by atoms with Crippen LogP contribution in [0, 0.1) is 0 Å². The van der Waals surface area contributed by atoms with Crippen LogP contribution in [-0.4, -0.2) is 30.8 Å². The summed E-state index contributed by atoms with van der Waals surface area (Å²) in [6, 6.07) is 6.36. The largest absolute Gasteiger partial charge is 0.313 e. The van der Waals surface area contributed by atoms with Crippen molar-refractivity contribution in [2.45, 2.75) is 45.3 Å². The average molecular weight is 340 g/mol. The van der Waals surface area contributed by atoms with E-state index in [9.17, 15) is 0 Å². The molecule has 1 aliphatic heterocycles. The van der Waals surface area contributed by atoms with Gasteiger partial charge in [-0.15, -0.1) is 21.5 Å². The summed E-state index contributed by atoms with van der Waals surface area (Å²) in [7, 11) is 0. The van der Waals surface area contributed by atoms with E-state index in [0.29, 0.717) is 6.04 Å². The zero-order chi connectivity index (χ0) is 16.4. The van der Waals surface area contributed by atoms with Crippen molar-refractivity contribution in [2.24, 2.45) is 0 Å². The van der Waals surface area contributed by atoms with E-state index in [1.807, 2.05) is 18.2 Å². The minimum atomic E-state index is 0.443. The van der Waals surface area contributed by atoms with Gasteiger partial charge in [0.25, 0.3) is 0 Å². The summed E-state index contributed by atoms with van der Waals surface area (Å²) in [6.45, 7) is 3.86. The van der Waals surface area contributed by atoms with Gasteiger partial charge in [-0.1, -0.05) is 13.0 Å². The van der Waals surface area contributed by atoms with Crippen LogP contribution in [0.25, 0.3) is 10.7 Å². The summed E-state index contributed by atoms with van der Waals surface area (Å²) in [5.74, 6) is 2.21. The topological polar surface area (TPSA) is 68.5 Å². The molecule has 124 valence electrons. The highest BCUT2D eigenvalue weighted by Crippen LogP contribution is 2.22. The van der Waals surface area contributed by atoms with E-state index in [2.05, 4.69) is 37.4 Å². The third-order valence-electron chi connectivity index (χ3n) is 4.35. The number of rotatable bonds is 5. The lowest BCUT2D eigenvalue weighted by molar-refractivity contribution is 0.372. The highest BCUT2D eigenvalue weighted by molar-refractivity contribution is 7.13. The normalized spacial score (nSPS) is 17.0. The molecular formula is C17H20N6S. The van der Waals surface area contributed by atoms with Crippen molar-refractivity contribution in [3.63, 3.8) is 0 Å². The molecule has 3 aromatic rings. The first-order valence-electron chi connectivity index (χ1n) is 8.33. The van der Waals surface area contributed by atoms with Gasteiger partial charge in [-0.25, -0.2) is 4.98 Å². The fourth-order valence-corrected chi connectivity index (χ4v) is 3.85. The van der Waals surface area contributed by atoms with Gasteiger partial charge in [-0.2, -0.15) is 0 Å². The first-order valence-corrected chi connectivity index (χ1v) is 9.21. The Morgan fingerprint density at radius 3 is 3.12 bits per heavy atom. The molecule has 0 aliphatic carbocycles. The summed E-state index contributed by atoms with van der Waals surface area (Å²) in [4.78, 5) is 9.06. The predicted molar refractivity (Wildman–Crippen MR) is 93.7 cm³/mol. The van der Waals surface area contributed by atoms with E-state index in [1.54, 1.807) is 17.5 Å². The standard InChI is InChI=1S/C17H20N6S/c1-2-15-21-22-16-7-6-12(10-23(15)16)19-9-13-11-24-17(20-13)14-5-3-4-8-18-14/h3-5,8,11-12,19H,2,6-7,9-10H2,1H3/t12-/m0/s1. The van der Waals surface area contributed by atoms with Gasteiger partial charge in [0.1, 0.15) is 16.7 Å². The van der Waals surface area contributed by atoms with E-state index in [-0.39, 0.29) is 0 Å². The molecule has 0 unspecified atom stereocenters. The fraction of sp³-hybridized carbons (Fsp3) is 0.412. The Balaban J connectivity index is 1.39. The second-order valence-corrected chi connectivity index (χ2v) is 6.83. The molecule has 4 heterocycles. The van der Waals surface area contributed by atoms with Crippen molar-refractivity contribution in [3.8, 4) is 10.7 Å². The van der Waals surface area contributed by atoms with Crippen LogP contribution in [0.3, 0.4) is 0 Å². The molecule has 1 aliphatic rings. The molecule has 7 heteroatoms. The molecular weight excluding hydrogens is 320 g/mol. The number of aryl methyl sites for hydroxylation is 2. The molecule has 24 heavy (non-hydrogen) atoms. The van der Waals surface area contributed by atoms with Crippen LogP contribution in [0.1, 0.15) is 30.7 Å².